The predicted molar refractivity (Wildman–Crippen MR) is 74.3 cm³/mol. The second-order valence-electron chi connectivity index (χ2n) is 4.94. The van der Waals surface area contributed by atoms with E-state index in [1.54, 1.807) is 19.1 Å². The Labute approximate surface area is 121 Å². The molecule has 0 radical (unpaired) electrons. The number of carboxylic acids is 1. The van der Waals surface area contributed by atoms with Gasteiger partial charge in [-0.25, -0.2) is 0 Å². The molecule has 2 unspecified atom stereocenters. The Hall–Kier alpha value is -2.57. The van der Waals surface area contributed by atoms with Gasteiger partial charge in [0.25, 0.3) is 11.8 Å². The first-order valence-electron chi connectivity index (χ1n) is 6.49. The number of ether oxygens (including phenoxy) is 1. The maximum atomic E-state index is 12.1. The molecule has 0 saturated carbocycles. The third-order valence-electron chi connectivity index (χ3n) is 3.37. The van der Waals surface area contributed by atoms with Crippen molar-refractivity contribution < 1.29 is 24.2 Å². The molecule has 0 spiro atoms. The fourth-order valence-electron chi connectivity index (χ4n) is 1.85. The van der Waals surface area contributed by atoms with Gasteiger partial charge in [-0.1, -0.05) is 0 Å². The summed E-state index contributed by atoms with van der Waals surface area (Å²) in [5.41, 5.74) is 0.752. The van der Waals surface area contributed by atoms with Gasteiger partial charge in [0.1, 0.15) is 5.75 Å². The molecule has 3 N–H and O–H groups in total. The van der Waals surface area contributed by atoms with E-state index in [1.807, 2.05) is 0 Å². The summed E-state index contributed by atoms with van der Waals surface area (Å²) in [4.78, 5) is 34.2. The van der Waals surface area contributed by atoms with E-state index in [0.717, 1.165) is 0 Å². The molecule has 21 heavy (non-hydrogen) atoms. The van der Waals surface area contributed by atoms with Crippen molar-refractivity contribution in [1.29, 1.82) is 0 Å². The SMILES string of the molecule is CC(NC(=O)c1ccc2c(c1)NC(=O)CO2)C(C)C(=O)O. The van der Waals surface area contributed by atoms with Gasteiger partial charge < -0.3 is 20.5 Å². The van der Waals surface area contributed by atoms with Gasteiger partial charge >= 0.3 is 5.97 Å². The zero-order valence-corrected chi connectivity index (χ0v) is 11.7. The topological polar surface area (TPSA) is 105 Å². The first-order valence-corrected chi connectivity index (χ1v) is 6.49. The summed E-state index contributed by atoms with van der Waals surface area (Å²) in [6.45, 7) is 3.10. The Morgan fingerprint density at radius 1 is 1.38 bits per heavy atom. The molecule has 1 heterocycles. The fraction of sp³-hybridized carbons (Fsp3) is 0.357. The first-order chi connectivity index (χ1) is 9.88. The van der Waals surface area contributed by atoms with Crippen LogP contribution in [0.25, 0.3) is 0 Å². The first kappa shape index (κ1) is 14.8. The average molecular weight is 292 g/mol. The highest BCUT2D eigenvalue weighted by Crippen LogP contribution is 2.28. The van der Waals surface area contributed by atoms with E-state index in [4.69, 9.17) is 9.84 Å². The average Bonchev–Trinajstić information content (AvgIpc) is 2.45. The molecule has 0 bridgehead atoms. The minimum Gasteiger partial charge on any atom is -0.482 e. The van der Waals surface area contributed by atoms with Crippen LogP contribution in [0, 0.1) is 5.92 Å². The molecule has 7 heteroatoms. The Morgan fingerprint density at radius 3 is 2.76 bits per heavy atom. The molecule has 0 fully saturated rings. The molecule has 1 aromatic carbocycles. The van der Waals surface area contributed by atoms with Crippen LogP contribution in [-0.4, -0.2) is 35.5 Å². The zero-order valence-electron chi connectivity index (χ0n) is 11.7. The quantitative estimate of drug-likeness (QED) is 0.763. The summed E-state index contributed by atoms with van der Waals surface area (Å²) in [5.74, 6) is -1.87. The van der Waals surface area contributed by atoms with Gasteiger partial charge in [0, 0.05) is 11.6 Å². The number of nitrogens with one attached hydrogen (secondary N) is 2. The van der Waals surface area contributed by atoms with Crippen molar-refractivity contribution in [3.8, 4) is 5.75 Å². The summed E-state index contributed by atoms with van der Waals surface area (Å²) >= 11 is 0. The minimum atomic E-state index is -0.978. The Bertz CT molecular complexity index is 599. The van der Waals surface area contributed by atoms with Crippen molar-refractivity contribution in [2.45, 2.75) is 19.9 Å². The molecule has 1 aromatic rings. The molecule has 112 valence electrons. The van der Waals surface area contributed by atoms with E-state index in [-0.39, 0.29) is 12.5 Å². The van der Waals surface area contributed by atoms with Crippen LogP contribution in [0.5, 0.6) is 5.75 Å². The second kappa shape index (κ2) is 5.82. The number of hydrogen-bond donors (Lipinski definition) is 3. The molecule has 1 aliphatic heterocycles. The lowest BCUT2D eigenvalue weighted by atomic mass is 10.0. The predicted octanol–water partition coefficient (Wildman–Crippen LogP) is 0.856. The fourth-order valence-corrected chi connectivity index (χ4v) is 1.85. The van der Waals surface area contributed by atoms with Crippen LogP contribution in [0.15, 0.2) is 18.2 Å². The van der Waals surface area contributed by atoms with E-state index < -0.39 is 23.8 Å². The molecule has 7 nitrogen and oxygen atoms in total. The third kappa shape index (κ3) is 3.31. The zero-order chi connectivity index (χ0) is 15.6. The lowest BCUT2D eigenvalue weighted by Crippen LogP contribution is -2.40. The summed E-state index contributed by atoms with van der Waals surface area (Å²) < 4.78 is 5.20. The van der Waals surface area contributed by atoms with E-state index in [1.165, 1.54) is 13.0 Å². The number of aliphatic carboxylic acids is 1. The second-order valence-corrected chi connectivity index (χ2v) is 4.94. The summed E-state index contributed by atoms with van der Waals surface area (Å²) in [5, 5.41) is 14.1. The molecule has 1 aliphatic rings. The number of hydrogen-bond acceptors (Lipinski definition) is 4. The Kier molecular flexibility index (Phi) is 4.11. The number of fused-ring (bicyclic) bond motifs is 1. The lowest BCUT2D eigenvalue weighted by molar-refractivity contribution is -0.141. The molecular weight excluding hydrogens is 276 g/mol. The van der Waals surface area contributed by atoms with Gasteiger partial charge in [-0.3, -0.25) is 14.4 Å². The summed E-state index contributed by atoms with van der Waals surface area (Å²) in [6, 6.07) is 4.13. The number of carboxylic acid groups (broad SMARTS) is 1. The molecule has 2 atom stereocenters. The van der Waals surface area contributed by atoms with Crippen LogP contribution in [0.3, 0.4) is 0 Å². The van der Waals surface area contributed by atoms with Crippen molar-refractivity contribution >= 4 is 23.5 Å². The van der Waals surface area contributed by atoms with Gasteiger partial charge in [0.2, 0.25) is 0 Å². The number of rotatable bonds is 4. The third-order valence-corrected chi connectivity index (χ3v) is 3.37. The molecule has 2 rings (SSSR count). The van der Waals surface area contributed by atoms with Crippen LogP contribution in [-0.2, 0) is 9.59 Å². The number of amides is 2. The summed E-state index contributed by atoms with van der Waals surface area (Å²) in [6.07, 6.45) is 0. The molecule has 0 saturated heterocycles. The number of benzene rings is 1. The van der Waals surface area contributed by atoms with Crippen molar-refractivity contribution in [2.75, 3.05) is 11.9 Å². The van der Waals surface area contributed by atoms with E-state index in [9.17, 15) is 14.4 Å². The van der Waals surface area contributed by atoms with Gasteiger partial charge in [-0.15, -0.1) is 0 Å². The van der Waals surface area contributed by atoms with Crippen LogP contribution >= 0.6 is 0 Å². The highest BCUT2D eigenvalue weighted by Gasteiger charge is 2.23. The molecule has 0 aliphatic carbocycles. The lowest BCUT2D eigenvalue weighted by Gasteiger charge is -2.20. The van der Waals surface area contributed by atoms with Crippen LogP contribution < -0.4 is 15.4 Å². The van der Waals surface area contributed by atoms with E-state index in [2.05, 4.69) is 10.6 Å². The van der Waals surface area contributed by atoms with Crippen LogP contribution in [0.4, 0.5) is 5.69 Å². The van der Waals surface area contributed by atoms with E-state index >= 15 is 0 Å². The van der Waals surface area contributed by atoms with Gasteiger partial charge in [0.15, 0.2) is 6.61 Å². The highest BCUT2D eigenvalue weighted by molar-refractivity contribution is 6.00. The van der Waals surface area contributed by atoms with Gasteiger partial charge in [-0.05, 0) is 32.0 Å². The molecule has 0 aromatic heterocycles. The van der Waals surface area contributed by atoms with E-state index in [0.29, 0.717) is 17.0 Å². The smallest absolute Gasteiger partial charge is 0.308 e. The normalized spacial score (nSPS) is 16.0. The maximum absolute atomic E-state index is 12.1. The van der Waals surface area contributed by atoms with Crippen LogP contribution in [0.2, 0.25) is 0 Å². The van der Waals surface area contributed by atoms with Crippen molar-refractivity contribution in [3.63, 3.8) is 0 Å². The molecule has 2 amide bonds. The number of carbonyl (C=O) groups is 3. The Balaban J connectivity index is 2.11. The monoisotopic (exact) mass is 292 g/mol. The summed E-state index contributed by atoms with van der Waals surface area (Å²) in [7, 11) is 0. The number of carbonyl (C=O) groups excluding carboxylic acids is 2. The number of anilines is 1. The van der Waals surface area contributed by atoms with Gasteiger partial charge in [0.05, 0.1) is 11.6 Å². The van der Waals surface area contributed by atoms with Crippen LogP contribution in [0.1, 0.15) is 24.2 Å². The van der Waals surface area contributed by atoms with Gasteiger partial charge in [-0.2, -0.15) is 0 Å². The largest absolute Gasteiger partial charge is 0.482 e. The van der Waals surface area contributed by atoms with Crippen molar-refractivity contribution in [2.24, 2.45) is 5.92 Å². The molecular formula is C14H16N2O5. The van der Waals surface area contributed by atoms with Crippen molar-refractivity contribution in [3.05, 3.63) is 23.8 Å². The highest BCUT2D eigenvalue weighted by atomic mass is 16.5. The van der Waals surface area contributed by atoms with Crippen molar-refractivity contribution in [1.82, 2.24) is 5.32 Å². The maximum Gasteiger partial charge on any atom is 0.308 e. The Morgan fingerprint density at radius 2 is 2.10 bits per heavy atom. The minimum absolute atomic E-state index is 0.0499. The standard InChI is InChI=1S/C14H16N2O5/c1-7(14(19)20)8(2)15-13(18)9-3-4-11-10(5-9)16-12(17)6-21-11/h3-5,7-8H,6H2,1-2H3,(H,15,18)(H,16,17)(H,19,20).